The molecule has 0 saturated heterocycles. The van der Waals surface area contributed by atoms with Gasteiger partial charge in [-0.05, 0) is 55.8 Å². The van der Waals surface area contributed by atoms with Crippen LogP contribution in [0.25, 0.3) is 11.3 Å². The highest BCUT2D eigenvalue weighted by Gasteiger charge is 2.19. The van der Waals surface area contributed by atoms with E-state index in [0.717, 1.165) is 0 Å². The monoisotopic (exact) mass is 493 g/mol. The molecule has 0 radical (unpaired) electrons. The first-order valence-electron chi connectivity index (χ1n) is 10.7. The van der Waals surface area contributed by atoms with E-state index < -0.39 is 17.0 Å². The third-order valence-electron chi connectivity index (χ3n) is 5.12. The Hall–Kier alpha value is -4.11. The second-order valence-electron chi connectivity index (χ2n) is 8.04. The lowest BCUT2D eigenvalue weighted by Gasteiger charge is -2.13. The van der Waals surface area contributed by atoms with Crippen LogP contribution in [0.15, 0.2) is 65.8 Å². The summed E-state index contributed by atoms with van der Waals surface area (Å²) in [4.78, 5) is 34.4. The number of halogens is 2. The third kappa shape index (κ3) is 5.36. The number of hydrogen-bond donors (Lipinski definition) is 1. The smallest absolute Gasteiger partial charge is 0.321 e. The van der Waals surface area contributed by atoms with Gasteiger partial charge in [0.25, 0.3) is 0 Å². The molecule has 8 nitrogen and oxygen atoms in total. The molecule has 4 rings (SSSR count). The van der Waals surface area contributed by atoms with Gasteiger partial charge in [0.1, 0.15) is 16.5 Å². The molecule has 0 fully saturated rings. The number of nitrogens with zero attached hydrogens (tertiary/aromatic N) is 4. The summed E-state index contributed by atoms with van der Waals surface area (Å²) < 4.78 is 20.5. The lowest BCUT2D eigenvalue weighted by atomic mass is 10.0. The number of ether oxygens (including phenoxy) is 1. The molecular weight excluding hydrogens is 473 g/mol. The van der Waals surface area contributed by atoms with Gasteiger partial charge in [0, 0.05) is 36.6 Å². The number of aromatic nitrogens is 4. The van der Waals surface area contributed by atoms with Crippen molar-refractivity contribution in [1.29, 1.82) is 0 Å². The van der Waals surface area contributed by atoms with E-state index in [1.165, 1.54) is 47.5 Å². The van der Waals surface area contributed by atoms with Crippen LogP contribution in [0.3, 0.4) is 0 Å². The molecule has 0 unspecified atom stereocenters. The van der Waals surface area contributed by atoms with Crippen LogP contribution in [0.2, 0.25) is 5.02 Å². The minimum atomic E-state index is -0.532. The van der Waals surface area contributed by atoms with E-state index in [1.807, 2.05) is 13.8 Å². The maximum atomic E-state index is 13.4. The first kappa shape index (κ1) is 24.0. The Morgan fingerprint density at radius 3 is 2.49 bits per heavy atom. The number of carbonyl (C=O) groups is 1. The molecule has 0 amide bonds. The average molecular weight is 494 g/mol. The minimum Gasteiger partial charge on any atom is -0.423 e. The van der Waals surface area contributed by atoms with Gasteiger partial charge in [0.05, 0.1) is 11.3 Å². The van der Waals surface area contributed by atoms with Crippen molar-refractivity contribution in [2.45, 2.75) is 26.3 Å². The van der Waals surface area contributed by atoms with Crippen LogP contribution in [0.5, 0.6) is 11.8 Å². The molecule has 2 N–H and O–H groups in total. The zero-order valence-corrected chi connectivity index (χ0v) is 19.7. The van der Waals surface area contributed by atoms with E-state index in [4.69, 9.17) is 22.1 Å². The topological polar surface area (TPSA) is 113 Å². The van der Waals surface area contributed by atoms with Gasteiger partial charge in [0.15, 0.2) is 11.5 Å². The fourth-order valence-corrected chi connectivity index (χ4v) is 3.41. The van der Waals surface area contributed by atoms with E-state index >= 15 is 0 Å². The number of benzene rings is 2. The van der Waals surface area contributed by atoms with E-state index in [1.54, 1.807) is 18.2 Å². The van der Waals surface area contributed by atoms with Crippen LogP contribution in [-0.2, 0) is 6.42 Å². The quantitative estimate of drug-likeness (QED) is 0.288. The highest BCUT2D eigenvalue weighted by Crippen LogP contribution is 2.32. The first-order valence-corrected chi connectivity index (χ1v) is 11.1. The van der Waals surface area contributed by atoms with Gasteiger partial charge >= 0.3 is 6.01 Å². The fourth-order valence-electron chi connectivity index (χ4n) is 3.24. The van der Waals surface area contributed by atoms with Crippen LogP contribution in [0.1, 0.15) is 35.8 Å². The maximum absolute atomic E-state index is 13.4. The Kier molecular flexibility index (Phi) is 6.88. The zero-order valence-electron chi connectivity index (χ0n) is 18.9. The van der Waals surface area contributed by atoms with Crippen LogP contribution < -0.4 is 15.9 Å². The predicted molar refractivity (Wildman–Crippen MR) is 130 cm³/mol. The summed E-state index contributed by atoms with van der Waals surface area (Å²) in [5.41, 5.74) is 6.54. The molecule has 0 aliphatic rings. The van der Waals surface area contributed by atoms with Crippen molar-refractivity contribution in [3.63, 3.8) is 0 Å². The van der Waals surface area contributed by atoms with Crippen LogP contribution >= 0.6 is 11.6 Å². The first-order chi connectivity index (χ1) is 16.7. The molecule has 0 spiro atoms. The second-order valence-corrected chi connectivity index (χ2v) is 8.41. The molecule has 0 bridgehead atoms. The summed E-state index contributed by atoms with van der Waals surface area (Å²) in [5.74, 6) is -0.559. The SMILES string of the molecule is CC(C)n1cc(C(=O)Cc2cnc(Oc3cccc(N)c3Cl)nc2)c(=O)c(-c2ccc(F)cc2)n1. The Bertz CT molecular complexity index is 1440. The van der Waals surface area contributed by atoms with Gasteiger partial charge in [-0.25, -0.2) is 14.4 Å². The molecule has 2 aromatic heterocycles. The van der Waals surface area contributed by atoms with Gasteiger partial charge in [-0.15, -0.1) is 0 Å². The van der Waals surface area contributed by atoms with Crippen molar-refractivity contribution in [3.8, 4) is 23.0 Å². The molecule has 0 aliphatic carbocycles. The lowest BCUT2D eigenvalue weighted by Crippen LogP contribution is -2.24. The molecule has 35 heavy (non-hydrogen) atoms. The van der Waals surface area contributed by atoms with Gasteiger partial charge < -0.3 is 10.5 Å². The maximum Gasteiger partial charge on any atom is 0.321 e. The molecule has 10 heteroatoms. The third-order valence-corrected chi connectivity index (χ3v) is 5.53. The lowest BCUT2D eigenvalue weighted by molar-refractivity contribution is 0.0990. The average Bonchev–Trinajstić information content (AvgIpc) is 2.84. The molecule has 0 aliphatic heterocycles. The van der Waals surface area contributed by atoms with Crippen LogP contribution in [0.4, 0.5) is 10.1 Å². The van der Waals surface area contributed by atoms with Crippen molar-refractivity contribution >= 4 is 23.1 Å². The molecule has 4 aromatic rings. The number of nitrogens with two attached hydrogens (primary N) is 1. The summed E-state index contributed by atoms with van der Waals surface area (Å²) in [6.45, 7) is 3.75. The highest BCUT2D eigenvalue weighted by atomic mass is 35.5. The Balaban J connectivity index is 1.59. The number of rotatable bonds is 7. The van der Waals surface area contributed by atoms with Gasteiger partial charge in [-0.1, -0.05) is 17.7 Å². The molecule has 2 heterocycles. The molecule has 2 aromatic carbocycles. The number of ketones is 1. The Labute approximate surface area is 205 Å². The normalized spacial score (nSPS) is 11.0. The number of hydrogen-bond acceptors (Lipinski definition) is 7. The minimum absolute atomic E-state index is 0.0263. The molecule has 178 valence electrons. The molecule has 0 atom stereocenters. The number of Topliss-reactive ketones (excluding diaryl/α,β-unsaturated/α-hetero) is 1. The summed E-state index contributed by atoms with van der Waals surface area (Å²) >= 11 is 6.12. The van der Waals surface area contributed by atoms with Crippen molar-refractivity contribution < 1.29 is 13.9 Å². The fraction of sp³-hybridized carbons (Fsp3) is 0.160. The highest BCUT2D eigenvalue weighted by molar-refractivity contribution is 6.34. The Morgan fingerprint density at radius 1 is 1.14 bits per heavy atom. The van der Waals surface area contributed by atoms with E-state index in [-0.39, 0.29) is 34.8 Å². The number of anilines is 1. The van der Waals surface area contributed by atoms with Crippen molar-refractivity contribution in [3.05, 3.63) is 93.2 Å². The van der Waals surface area contributed by atoms with E-state index in [2.05, 4.69) is 15.1 Å². The zero-order chi connectivity index (χ0) is 25.1. The Morgan fingerprint density at radius 2 is 1.83 bits per heavy atom. The number of carbonyl (C=O) groups excluding carboxylic acids is 1. The summed E-state index contributed by atoms with van der Waals surface area (Å²) in [6, 6.07) is 10.3. The van der Waals surface area contributed by atoms with Crippen LogP contribution in [-0.4, -0.2) is 25.5 Å². The largest absolute Gasteiger partial charge is 0.423 e. The predicted octanol–water partition coefficient (Wildman–Crippen LogP) is 4.87. The number of nitrogen functional groups attached to an aromatic ring is 1. The van der Waals surface area contributed by atoms with Crippen LogP contribution in [0, 0.1) is 5.82 Å². The van der Waals surface area contributed by atoms with Gasteiger partial charge in [0.2, 0.25) is 5.43 Å². The van der Waals surface area contributed by atoms with Gasteiger partial charge in [-0.2, -0.15) is 5.10 Å². The summed E-state index contributed by atoms with van der Waals surface area (Å²) in [6.07, 6.45) is 4.19. The van der Waals surface area contributed by atoms with E-state index in [9.17, 15) is 14.0 Å². The molecular formula is C25H21ClFN5O3. The van der Waals surface area contributed by atoms with Crippen molar-refractivity contribution in [2.75, 3.05) is 5.73 Å². The summed E-state index contributed by atoms with van der Waals surface area (Å²) in [7, 11) is 0. The second kappa shape index (κ2) is 10.0. The van der Waals surface area contributed by atoms with Crippen molar-refractivity contribution in [2.24, 2.45) is 0 Å². The van der Waals surface area contributed by atoms with Crippen molar-refractivity contribution in [1.82, 2.24) is 19.7 Å². The standard InChI is InChI=1S/C25H21ClFN5O3/c1-14(2)32-13-18(24(34)23(31-32)16-6-8-17(27)9-7-16)20(33)10-15-11-29-25(30-12-15)35-21-5-3-4-19(28)22(21)26/h3-9,11-14H,10,28H2,1-2H3. The summed E-state index contributed by atoms with van der Waals surface area (Å²) in [5, 5.41) is 4.60. The van der Waals surface area contributed by atoms with Gasteiger partial charge in [-0.3, -0.25) is 14.3 Å². The molecule has 0 saturated carbocycles. The van der Waals surface area contributed by atoms with E-state index in [0.29, 0.717) is 22.6 Å².